The van der Waals surface area contributed by atoms with E-state index in [1.807, 2.05) is 6.92 Å². The molecule has 116 valence electrons. The average molecular weight is 311 g/mol. The van der Waals surface area contributed by atoms with Gasteiger partial charge >= 0.3 is 5.97 Å². The number of piperidine rings is 1. The highest BCUT2D eigenvalue weighted by molar-refractivity contribution is 7.89. The molecule has 0 bridgehead atoms. The second-order valence-electron chi connectivity index (χ2n) is 5.43. The van der Waals surface area contributed by atoms with E-state index in [2.05, 4.69) is 4.74 Å². The Hall–Kier alpha value is -1.40. The lowest BCUT2D eigenvalue weighted by atomic mass is 10.1. The molecule has 1 aromatic carbocycles. The lowest BCUT2D eigenvalue weighted by Crippen LogP contribution is -2.42. The van der Waals surface area contributed by atoms with Crippen molar-refractivity contribution in [1.82, 2.24) is 4.31 Å². The van der Waals surface area contributed by atoms with E-state index >= 15 is 0 Å². The Morgan fingerprint density at radius 3 is 2.67 bits per heavy atom. The molecule has 0 saturated carbocycles. The molecule has 0 aromatic heterocycles. The SMILES string of the molecule is COC(=O)c1ccc(C)c(S(=O)(=O)N2CCCCC2C)c1. The number of carbonyl (C=O) groups excluding carboxylic acids is 1. The minimum absolute atomic E-state index is 0.00932. The third-order valence-corrected chi connectivity index (χ3v) is 6.09. The summed E-state index contributed by atoms with van der Waals surface area (Å²) in [5.74, 6) is -0.529. The number of aryl methyl sites for hydroxylation is 1. The minimum atomic E-state index is -3.58. The Morgan fingerprint density at radius 2 is 2.05 bits per heavy atom. The quantitative estimate of drug-likeness (QED) is 0.804. The van der Waals surface area contributed by atoms with Gasteiger partial charge in [-0.1, -0.05) is 12.5 Å². The van der Waals surface area contributed by atoms with Gasteiger partial charge in [0.15, 0.2) is 0 Å². The number of esters is 1. The van der Waals surface area contributed by atoms with E-state index < -0.39 is 16.0 Å². The Morgan fingerprint density at radius 1 is 1.33 bits per heavy atom. The van der Waals surface area contributed by atoms with Crippen LogP contribution in [0, 0.1) is 6.92 Å². The van der Waals surface area contributed by atoms with Crippen LogP contribution in [0.3, 0.4) is 0 Å². The first-order chi connectivity index (χ1) is 9.87. The first-order valence-corrected chi connectivity index (χ1v) is 8.52. The largest absolute Gasteiger partial charge is 0.465 e. The minimum Gasteiger partial charge on any atom is -0.465 e. The fraction of sp³-hybridized carbons (Fsp3) is 0.533. The number of sulfonamides is 1. The highest BCUT2D eigenvalue weighted by Crippen LogP contribution is 2.27. The number of hydrogen-bond acceptors (Lipinski definition) is 4. The summed E-state index contributed by atoms with van der Waals surface area (Å²) in [5.41, 5.74) is 0.895. The Kier molecular flexibility index (Phi) is 4.68. The first-order valence-electron chi connectivity index (χ1n) is 7.08. The Bertz CT molecular complexity index is 639. The zero-order chi connectivity index (χ0) is 15.6. The molecule has 0 spiro atoms. The van der Waals surface area contributed by atoms with Crippen molar-refractivity contribution in [2.75, 3.05) is 13.7 Å². The molecular formula is C15H21NO4S. The van der Waals surface area contributed by atoms with Gasteiger partial charge in [0.25, 0.3) is 0 Å². The van der Waals surface area contributed by atoms with Gasteiger partial charge in [0.1, 0.15) is 0 Å². The van der Waals surface area contributed by atoms with E-state index in [-0.39, 0.29) is 16.5 Å². The maximum Gasteiger partial charge on any atom is 0.337 e. The number of hydrogen-bond donors (Lipinski definition) is 0. The monoisotopic (exact) mass is 311 g/mol. The molecule has 21 heavy (non-hydrogen) atoms. The van der Waals surface area contributed by atoms with Crippen molar-refractivity contribution in [2.45, 2.75) is 44.0 Å². The second kappa shape index (κ2) is 6.15. The van der Waals surface area contributed by atoms with Crippen molar-refractivity contribution >= 4 is 16.0 Å². The Labute approximate surface area is 126 Å². The molecule has 1 atom stereocenters. The van der Waals surface area contributed by atoms with Crippen molar-refractivity contribution in [3.8, 4) is 0 Å². The molecule has 1 aliphatic rings. The van der Waals surface area contributed by atoms with E-state index in [1.165, 1.54) is 13.2 Å². The van der Waals surface area contributed by atoms with Crippen LogP contribution < -0.4 is 0 Å². The molecule has 0 aliphatic carbocycles. The van der Waals surface area contributed by atoms with Crippen molar-refractivity contribution in [3.63, 3.8) is 0 Å². The number of ether oxygens (including phenoxy) is 1. The average Bonchev–Trinajstić information content (AvgIpc) is 2.47. The Balaban J connectivity index is 2.46. The predicted octanol–water partition coefficient (Wildman–Crippen LogP) is 2.34. The van der Waals surface area contributed by atoms with Gasteiger partial charge in [-0.15, -0.1) is 0 Å². The van der Waals surface area contributed by atoms with Crippen LogP contribution in [-0.2, 0) is 14.8 Å². The molecule has 1 saturated heterocycles. The van der Waals surface area contributed by atoms with E-state index in [4.69, 9.17) is 0 Å². The van der Waals surface area contributed by atoms with Crippen LogP contribution in [0.1, 0.15) is 42.1 Å². The van der Waals surface area contributed by atoms with Crippen molar-refractivity contribution in [2.24, 2.45) is 0 Å². The number of carbonyl (C=O) groups is 1. The van der Waals surface area contributed by atoms with Crippen LogP contribution in [0.2, 0.25) is 0 Å². The molecule has 0 amide bonds. The van der Waals surface area contributed by atoms with Crippen molar-refractivity contribution in [3.05, 3.63) is 29.3 Å². The number of rotatable bonds is 3. The van der Waals surface area contributed by atoms with Crippen LogP contribution in [0.15, 0.2) is 23.1 Å². The zero-order valence-corrected chi connectivity index (χ0v) is 13.4. The summed E-state index contributed by atoms with van der Waals surface area (Å²) in [6, 6.07) is 4.63. The first kappa shape index (κ1) is 16.0. The van der Waals surface area contributed by atoms with Gasteiger partial charge in [-0.3, -0.25) is 0 Å². The summed E-state index contributed by atoms with van der Waals surface area (Å²) >= 11 is 0. The molecule has 1 aliphatic heterocycles. The van der Waals surface area contributed by atoms with Crippen LogP contribution in [0.5, 0.6) is 0 Å². The van der Waals surface area contributed by atoms with E-state index in [1.54, 1.807) is 23.4 Å². The van der Waals surface area contributed by atoms with E-state index in [0.717, 1.165) is 19.3 Å². The van der Waals surface area contributed by atoms with Gasteiger partial charge in [-0.05, 0) is 44.4 Å². The number of nitrogens with zero attached hydrogens (tertiary/aromatic N) is 1. The summed E-state index contributed by atoms with van der Waals surface area (Å²) < 4.78 is 31.9. The smallest absolute Gasteiger partial charge is 0.337 e. The van der Waals surface area contributed by atoms with Gasteiger partial charge in [0, 0.05) is 12.6 Å². The molecule has 1 aromatic rings. The van der Waals surface area contributed by atoms with Crippen LogP contribution in [-0.4, -0.2) is 38.4 Å². The predicted molar refractivity (Wildman–Crippen MR) is 79.7 cm³/mol. The summed E-state index contributed by atoms with van der Waals surface area (Å²) in [6.45, 7) is 4.20. The van der Waals surface area contributed by atoms with Gasteiger partial charge in [0.05, 0.1) is 17.6 Å². The summed E-state index contributed by atoms with van der Waals surface area (Å²) in [5, 5.41) is 0. The lowest BCUT2D eigenvalue weighted by Gasteiger charge is -2.32. The maximum atomic E-state index is 12.9. The molecule has 6 heteroatoms. The van der Waals surface area contributed by atoms with Crippen molar-refractivity contribution < 1.29 is 17.9 Å². The third-order valence-electron chi connectivity index (χ3n) is 3.94. The lowest BCUT2D eigenvalue weighted by molar-refractivity contribution is 0.0600. The summed E-state index contributed by atoms with van der Waals surface area (Å²) in [7, 11) is -2.30. The maximum absolute atomic E-state index is 12.9. The van der Waals surface area contributed by atoms with Crippen LogP contribution >= 0.6 is 0 Å². The van der Waals surface area contributed by atoms with Crippen molar-refractivity contribution in [1.29, 1.82) is 0 Å². The molecule has 1 fully saturated rings. The third kappa shape index (κ3) is 3.11. The highest BCUT2D eigenvalue weighted by Gasteiger charge is 2.32. The van der Waals surface area contributed by atoms with Gasteiger partial charge in [-0.2, -0.15) is 4.31 Å². The molecule has 1 unspecified atom stereocenters. The molecule has 1 heterocycles. The number of methoxy groups -OCH3 is 1. The molecule has 0 radical (unpaired) electrons. The van der Waals surface area contributed by atoms with Gasteiger partial charge < -0.3 is 4.74 Å². The zero-order valence-electron chi connectivity index (χ0n) is 12.6. The molecular weight excluding hydrogens is 290 g/mol. The standard InChI is InChI=1S/C15H21NO4S/c1-11-7-8-13(15(17)20-3)10-14(11)21(18,19)16-9-5-4-6-12(16)2/h7-8,10,12H,4-6,9H2,1-3H3. The van der Waals surface area contributed by atoms with E-state index in [0.29, 0.717) is 12.1 Å². The van der Waals surface area contributed by atoms with E-state index in [9.17, 15) is 13.2 Å². The number of benzene rings is 1. The topological polar surface area (TPSA) is 63.7 Å². The van der Waals surface area contributed by atoms with Gasteiger partial charge in [0.2, 0.25) is 10.0 Å². The molecule has 2 rings (SSSR count). The normalized spacial score (nSPS) is 20.2. The fourth-order valence-electron chi connectivity index (χ4n) is 2.68. The molecule has 0 N–H and O–H groups in total. The second-order valence-corrected chi connectivity index (χ2v) is 7.29. The van der Waals surface area contributed by atoms with Gasteiger partial charge in [-0.25, -0.2) is 13.2 Å². The fourth-order valence-corrected chi connectivity index (χ4v) is 4.63. The van der Waals surface area contributed by atoms with Crippen LogP contribution in [0.4, 0.5) is 0 Å². The summed E-state index contributed by atoms with van der Waals surface area (Å²) in [4.78, 5) is 11.8. The summed E-state index contributed by atoms with van der Waals surface area (Å²) in [6.07, 6.45) is 2.79. The molecule has 5 nitrogen and oxygen atoms in total. The highest BCUT2D eigenvalue weighted by atomic mass is 32.2. The van der Waals surface area contributed by atoms with Crippen LogP contribution in [0.25, 0.3) is 0 Å².